The standard InChI is InChI=1S/C10H8ClN3O2/c1-6-3-2-4-7(5-6)14-9(11)8(10(15)16)12-13-14/h2-5H,1H3,(H,15,16). The third-order valence-corrected chi connectivity index (χ3v) is 2.40. The largest absolute Gasteiger partial charge is 0.476 e. The molecule has 1 aromatic heterocycles. The van der Waals surface area contributed by atoms with Crippen molar-refractivity contribution in [3.63, 3.8) is 0 Å². The van der Waals surface area contributed by atoms with Crippen molar-refractivity contribution >= 4 is 17.6 Å². The van der Waals surface area contributed by atoms with E-state index < -0.39 is 5.97 Å². The molecule has 0 saturated carbocycles. The van der Waals surface area contributed by atoms with E-state index in [1.54, 1.807) is 6.07 Å². The summed E-state index contributed by atoms with van der Waals surface area (Å²) in [4.78, 5) is 10.7. The first-order valence-corrected chi connectivity index (χ1v) is 4.89. The van der Waals surface area contributed by atoms with Crippen LogP contribution in [-0.2, 0) is 0 Å². The summed E-state index contributed by atoms with van der Waals surface area (Å²) in [5.74, 6) is -1.19. The Bertz CT molecular complexity index is 551. The van der Waals surface area contributed by atoms with E-state index in [0.717, 1.165) is 5.56 Å². The van der Waals surface area contributed by atoms with Crippen LogP contribution in [-0.4, -0.2) is 26.1 Å². The molecule has 1 N–H and O–H groups in total. The molecule has 0 unspecified atom stereocenters. The van der Waals surface area contributed by atoms with E-state index in [1.165, 1.54) is 4.68 Å². The van der Waals surface area contributed by atoms with Gasteiger partial charge in [0, 0.05) is 0 Å². The molecule has 1 aromatic carbocycles. The lowest BCUT2D eigenvalue weighted by Gasteiger charge is -2.02. The topological polar surface area (TPSA) is 68.0 Å². The highest BCUT2D eigenvalue weighted by Gasteiger charge is 2.17. The van der Waals surface area contributed by atoms with Crippen LogP contribution < -0.4 is 0 Å². The lowest BCUT2D eigenvalue weighted by molar-refractivity contribution is 0.0690. The highest BCUT2D eigenvalue weighted by atomic mass is 35.5. The number of aromatic carboxylic acids is 1. The zero-order chi connectivity index (χ0) is 11.7. The molecule has 0 bridgehead atoms. The number of halogens is 1. The molecule has 0 atom stereocenters. The first kappa shape index (κ1) is 10.6. The maximum absolute atomic E-state index is 10.7. The number of benzene rings is 1. The molecule has 5 nitrogen and oxygen atoms in total. The van der Waals surface area contributed by atoms with E-state index in [9.17, 15) is 4.79 Å². The fraction of sp³-hybridized carbons (Fsp3) is 0.100. The summed E-state index contributed by atoms with van der Waals surface area (Å²) in [5, 5.41) is 16.0. The van der Waals surface area contributed by atoms with Gasteiger partial charge in [-0.1, -0.05) is 28.9 Å². The van der Waals surface area contributed by atoms with E-state index in [-0.39, 0.29) is 10.8 Å². The molecule has 16 heavy (non-hydrogen) atoms. The van der Waals surface area contributed by atoms with Gasteiger partial charge < -0.3 is 5.11 Å². The fourth-order valence-electron chi connectivity index (χ4n) is 1.33. The maximum atomic E-state index is 10.7. The van der Waals surface area contributed by atoms with Crippen molar-refractivity contribution in [2.24, 2.45) is 0 Å². The first-order chi connectivity index (χ1) is 7.59. The Morgan fingerprint density at radius 2 is 2.25 bits per heavy atom. The number of aromatic nitrogens is 3. The quantitative estimate of drug-likeness (QED) is 0.867. The predicted octanol–water partition coefficient (Wildman–Crippen LogP) is 1.93. The average molecular weight is 238 g/mol. The van der Waals surface area contributed by atoms with Gasteiger partial charge in [0.25, 0.3) is 0 Å². The van der Waals surface area contributed by atoms with Crippen LogP contribution in [0.1, 0.15) is 16.1 Å². The van der Waals surface area contributed by atoms with Gasteiger partial charge in [0.1, 0.15) is 0 Å². The van der Waals surface area contributed by atoms with Gasteiger partial charge in [0.05, 0.1) is 5.69 Å². The van der Waals surface area contributed by atoms with E-state index >= 15 is 0 Å². The smallest absolute Gasteiger partial charge is 0.359 e. The summed E-state index contributed by atoms with van der Waals surface area (Å²) in [6.45, 7) is 1.92. The molecule has 0 aliphatic carbocycles. The van der Waals surface area contributed by atoms with Crippen molar-refractivity contribution < 1.29 is 9.90 Å². The molecule has 0 aliphatic rings. The highest BCUT2D eigenvalue weighted by molar-refractivity contribution is 6.32. The van der Waals surface area contributed by atoms with Crippen LogP contribution in [0.15, 0.2) is 24.3 Å². The minimum Gasteiger partial charge on any atom is -0.476 e. The fourth-order valence-corrected chi connectivity index (χ4v) is 1.58. The minimum absolute atomic E-state index is 0.00176. The molecule has 0 aliphatic heterocycles. The van der Waals surface area contributed by atoms with Crippen molar-refractivity contribution in [2.45, 2.75) is 6.92 Å². The van der Waals surface area contributed by atoms with Crippen LogP contribution in [0.5, 0.6) is 0 Å². The van der Waals surface area contributed by atoms with Gasteiger partial charge in [0.15, 0.2) is 5.15 Å². The summed E-state index contributed by atoms with van der Waals surface area (Å²) in [5.41, 5.74) is 1.47. The number of carboxylic acid groups (broad SMARTS) is 1. The van der Waals surface area contributed by atoms with Gasteiger partial charge in [-0.15, -0.1) is 5.10 Å². The van der Waals surface area contributed by atoms with Crippen LogP contribution in [0, 0.1) is 6.92 Å². The molecular formula is C10H8ClN3O2. The van der Waals surface area contributed by atoms with E-state index in [0.29, 0.717) is 5.69 Å². The maximum Gasteiger partial charge on any atom is 0.359 e. The predicted molar refractivity (Wildman–Crippen MR) is 58.1 cm³/mol. The lowest BCUT2D eigenvalue weighted by Crippen LogP contribution is -1.99. The van der Waals surface area contributed by atoms with Crippen molar-refractivity contribution in [1.29, 1.82) is 0 Å². The van der Waals surface area contributed by atoms with Gasteiger partial charge in [0.2, 0.25) is 5.69 Å². The lowest BCUT2D eigenvalue weighted by atomic mass is 10.2. The van der Waals surface area contributed by atoms with Crippen LogP contribution >= 0.6 is 11.6 Å². The van der Waals surface area contributed by atoms with Crippen molar-refractivity contribution in [3.05, 3.63) is 40.7 Å². The summed E-state index contributed by atoms with van der Waals surface area (Å²) < 4.78 is 1.29. The van der Waals surface area contributed by atoms with E-state index in [2.05, 4.69) is 10.3 Å². The van der Waals surface area contributed by atoms with Crippen LogP contribution in [0.3, 0.4) is 0 Å². The summed E-state index contributed by atoms with van der Waals surface area (Å²) in [7, 11) is 0. The summed E-state index contributed by atoms with van der Waals surface area (Å²) in [6.07, 6.45) is 0. The van der Waals surface area contributed by atoms with Gasteiger partial charge in [-0.3, -0.25) is 0 Å². The third kappa shape index (κ3) is 1.77. The number of rotatable bonds is 2. The van der Waals surface area contributed by atoms with Crippen molar-refractivity contribution in [2.75, 3.05) is 0 Å². The van der Waals surface area contributed by atoms with Crippen molar-refractivity contribution in [1.82, 2.24) is 15.0 Å². The number of carboxylic acids is 1. The third-order valence-electron chi connectivity index (χ3n) is 2.06. The van der Waals surface area contributed by atoms with Gasteiger partial charge >= 0.3 is 5.97 Å². The first-order valence-electron chi connectivity index (χ1n) is 4.51. The monoisotopic (exact) mass is 237 g/mol. The number of nitrogens with zero attached hydrogens (tertiary/aromatic N) is 3. The minimum atomic E-state index is -1.19. The van der Waals surface area contributed by atoms with Gasteiger partial charge in [-0.25, -0.2) is 9.48 Å². The zero-order valence-electron chi connectivity index (χ0n) is 8.38. The Hall–Kier alpha value is -1.88. The van der Waals surface area contributed by atoms with E-state index in [4.69, 9.17) is 16.7 Å². The summed E-state index contributed by atoms with van der Waals surface area (Å²) >= 11 is 5.86. The Morgan fingerprint density at radius 1 is 1.50 bits per heavy atom. The second-order valence-electron chi connectivity index (χ2n) is 3.28. The molecule has 0 radical (unpaired) electrons. The molecule has 1 heterocycles. The SMILES string of the molecule is Cc1cccc(-n2nnc(C(=O)O)c2Cl)c1. The second kappa shape index (κ2) is 3.94. The van der Waals surface area contributed by atoms with Crippen molar-refractivity contribution in [3.8, 4) is 5.69 Å². The van der Waals surface area contributed by atoms with Crippen LogP contribution in [0.4, 0.5) is 0 Å². The number of carbonyl (C=O) groups is 1. The molecule has 2 rings (SSSR count). The number of hydrogen-bond acceptors (Lipinski definition) is 3. The van der Waals surface area contributed by atoms with Gasteiger partial charge in [-0.05, 0) is 24.6 Å². The Kier molecular flexibility index (Phi) is 2.62. The zero-order valence-corrected chi connectivity index (χ0v) is 9.14. The molecule has 0 saturated heterocycles. The average Bonchev–Trinajstić information content (AvgIpc) is 2.60. The molecular weight excluding hydrogens is 230 g/mol. The molecule has 0 amide bonds. The normalized spacial score (nSPS) is 10.4. The number of aryl methyl sites for hydroxylation is 1. The Balaban J connectivity index is 2.53. The summed E-state index contributed by atoms with van der Waals surface area (Å²) in [6, 6.07) is 7.38. The number of hydrogen-bond donors (Lipinski definition) is 1. The molecule has 82 valence electrons. The molecule has 0 fully saturated rings. The Labute approximate surface area is 96.3 Å². The highest BCUT2D eigenvalue weighted by Crippen LogP contribution is 2.18. The molecule has 6 heteroatoms. The van der Waals surface area contributed by atoms with Crippen LogP contribution in [0.25, 0.3) is 5.69 Å². The second-order valence-corrected chi connectivity index (χ2v) is 3.64. The van der Waals surface area contributed by atoms with Gasteiger partial charge in [-0.2, -0.15) is 0 Å². The Morgan fingerprint density at radius 3 is 2.81 bits per heavy atom. The van der Waals surface area contributed by atoms with Crippen LogP contribution in [0.2, 0.25) is 5.15 Å². The van der Waals surface area contributed by atoms with E-state index in [1.807, 2.05) is 25.1 Å². The molecule has 0 spiro atoms. The molecule has 2 aromatic rings.